The Labute approximate surface area is 235 Å². The second-order valence-electron chi connectivity index (χ2n) is 10.4. The molecule has 0 saturated carbocycles. The summed E-state index contributed by atoms with van der Waals surface area (Å²) >= 11 is 0. The molecule has 3 N–H and O–H groups in total. The van der Waals surface area contributed by atoms with E-state index in [4.69, 9.17) is 14.0 Å². The summed E-state index contributed by atoms with van der Waals surface area (Å²) in [5.74, 6) is -0.730. The van der Waals surface area contributed by atoms with Crippen LogP contribution < -0.4 is 10.1 Å². The number of esters is 2. The van der Waals surface area contributed by atoms with Crippen LogP contribution in [0, 0.1) is 13.8 Å². The van der Waals surface area contributed by atoms with E-state index in [1.165, 1.54) is 0 Å². The average Bonchev–Trinajstić information content (AvgIpc) is 2.85. The van der Waals surface area contributed by atoms with E-state index in [0.29, 0.717) is 35.1 Å². The highest BCUT2D eigenvalue weighted by molar-refractivity contribution is 7.85. The van der Waals surface area contributed by atoms with E-state index in [0.717, 1.165) is 11.1 Å². The standard InChI is InChI=1S/C29H33NO5.CH4O3S/c1-19-6-10-21(11-7-19)27(32)34-18-24-16-23(25(31)17-30-29(3,4)5)14-15-26(24)35-28(33)22-12-8-20(2)9-13-22;1-5(2,3)4/h6-16,25,30-31H,17-18H2,1-5H3;1H3,(H,2,3,4). The highest BCUT2D eigenvalue weighted by atomic mass is 32.2. The lowest BCUT2D eigenvalue weighted by Crippen LogP contribution is -2.38. The normalized spacial score (nSPS) is 12.1. The maximum atomic E-state index is 12.7. The Bertz CT molecular complexity index is 1390. The summed E-state index contributed by atoms with van der Waals surface area (Å²) in [4.78, 5) is 25.3. The van der Waals surface area contributed by atoms with Crippen molar-refractivity contribution in [1.82, 2.24) is 5.32 Å². The zero-order valence-corrected chi connectivity index (χ0v) is 24.4. The topological polar surface area (TPSA) is 139 Å². The van der Waals surface area contributed by atoms with Gasteiger partial charge in [-0.2, -0.15) is 8.42 Å². The SMILES string of the molecule is CS(=O)(=O)O.Cc1ccc(C(=O)OCc2cc(C(O)CNC(C)(C)C)ccc2OC(=O)c2ccc(C)cc2)cc1. The molecule has 1 unspecified atom stereocenters. The molecule has 0 fully saturated rings. The first-order valence-electron chi connectivity index (χ1n) is 12.5. The molecule has 0 aromatic heterocycles. The van der Waals surface area contributed by atoms with Gasteiger partial charge < -0.3 is 19.9 Å². The van der Waals surface area contributed by atoms with Crippen LogP contribution in [0.2, 0.25) is 0 Å². The van der Waals surface area contributed by atoms with Crippen LogP contribution in [0.15, 0.2) is 66.7 Å². The van der Waals surface area contributed by atoms with Crippen molar-refractivity contribution in [3.63, 3.8) is 0 Å². The Hall–Kier alpha value is -3.57. The first kappa shape index (κ1) is 32.6. The number of hydrogen-bond acceptors (Lipinski definition) is 8. The van der Waals surface area contributed by atoms with Gasteiger partial charge in [0, 0.05) is 17.6 Å². The van der Waals surface area contributed by atoms with Gasteiger partial charge in [-0.05, 0) is 76.6 Å². The van der Waals surface area contributed by atoms with Gasteiger partial charge in [-0.15, -0.1) is 0 Å². The van der Waals surface area contributed by atoms with E-state index in [1.807, 2.05) is 58.9 Å². The summed E-state index contributed by atoms with van der Waals surface area (Å²) in [7, 11) is -3.67. The summed E-state index contributed by atoms with van der Waals surface area (Å²) < 4.78 is 37.0. The number of carbonyl (C=O) groups is 2. The molecule has 1 atom stereocenters. The zero-order valence-electron chi connectivity index (χ0n) is 23.6. The number of ether oxygens (including phenoxy) is 2. The first-order valence-corrected chi connectivity index (χ1v) is 14.4. The van der Waals surface area contributed by atoms with Crippen LogP contribution in [0.4, 0.5) is 0 Å². The number of rotatable bonds is 8. The van der Waals surface area contributed by atoms with Crippen molar-refractivity contribution < 1.29 is 37.1 Å². The third-order valence-electron chi connectivity index (χ3n) is 5.43. The van der Waals surface area contributed by atoms with E-state index in [9.17, 15) is 23.1 Å². The number of aliphatic hydroxyl groups excluding tert-OH is 1. The Kier molecular flexibility index (Phi) is 11.6. The monoisotopic (exact) mass is 571 g/mol. The molecule has 0 radical (unpaired) electrons. The maximum absolute atomic E-state index is 12.7. The van der Waals surface area contributed by atoms with Crippen LogP contribution in [0.5, 0.6) is 5.75 Å². The zero-order chi connectivity index (χ0) is 30.1. The second-order valence-corrected chi connectivity index (χ2v) is 11.9. The van der Waals surface area contributed by atoms with Crippen molar-refractivity contribution in [3.05, 3.63) is 100 Å². The largest absolute Gasteiger partial charge is 0.457 e. The van der Waals surface area contributed by atoms with Gasteiger partial charge in [0.1, 0.15) is 12.4 Å². The summed E-state index contributed by atoms with van der Waals surface area (Å²) in [5, 5.41) is 14.0. The highest BCUT2D eigenvalue weighted by Gasteiger charge is 2.18. The fourth-order valence-electron chi connectivity index (χ4n) is 3.30. The highest BCUT2D eigenvalue weighted by Crippen LogP contribution is 2.26. The van der Waals surface area contributed by atoms with Gasteiger partial charge in [0.15, 0.2) is 0 Å². The Morgan fingerprint density at radius 2 is 1.35 bits per heavy atom. The van der Waals surface area contributed by atoms with E-state index in [2.05, 4.69) is 5.32 Å². The molecule has 0 saturated heterocycles. The predicted octanol–water partition coefficient (Wildman–Crippen LogP) is 4.81. The van der Waals surface area contributed by atoms with E-state index < -0.39 is 28.2 Å². The number of benzene rings is 3. The van der Waals surface area contributed by atoms with Gasteiger partial charge in [-0.1, -0.05) is 41.5 Å². The van der Waals surface area contributed by atoms with Crippen LogP contribution in [0.25, 0.3) is 0 Å². The molecule has 0 aliphatic carbocycles. The number of nitrogens with one attached hydrogen (secondary N) is 1. The van der Waals surface area contributed by atoms with Gasteiger partial charge in [-0.25, -0.2) is 9.59 Å². The van der Waals surface area contributed by atoms with Crippen LogP contribution in [-0.2, 0) is 21.5 Å². The maximum Gasteiger partial charge on any atom is 0.343 e. The van der Waals surface area contributed by atoms with E-state index in [1.54, 1.807) is 42.5 Å². The molecule has 0 heterocycles. The minimum absolute atomic E-state index is 0.115. The molecule has 0 aliphatic rings. The first-order chi connectivity index (χ1) is 18.5. The van der Waals surface area contributed by atoms with Crippen molar-refractivity contribution in [2.75, 3.05) is 12.8 Å². The van der Waals surface area contributed by atoms with Crippen LogP contribution in [0.1, 0.15) is 69.8 Å². The molecule has 0 bridgehead atoms. The van der Waals surface area contributed by atoms with E-state index >= 15 is 0 Å². The number of hydrogen-bond donors (Lipinski definition) is 3. The van der Waals surface area contributed by atoms with Crippen molar-refractivity contribution in [1.29, 1.82) is 0 Å². The molecule has 0 amide bonds. The molecular formula is C30H37NO8S. The molecule has 3 aromatic carbocycles. The lowest BCUT2D eigenvalue weighted by molar-refractivity contribution is 0.0469. The molecule has 0 aliphatic heterocycles. The predicted molar refractivity (Wildman–Crippen MR) is 153 cm³/mol. The van der Waals surface area contributed by atoms with Gasteiger partial charge >= 0.3 is 11.9 Å². The third-order valence-corrected chi connectivity index (χ3v) is 5.43. The molecule has 40 heavy (non-hydrogen) atoms. The molecule has 3 rings (SSSR count). The lowest BCUT2D eigenvalue weighted by atomic mass is 10.0. The number of β-amino-alcohol motifs (C(OH)–C–C–N with tert-alkyl or cyclic N) is 1. The van der Waals surface area contributed by atoms with Gasteiger partial charge in [0.05, 0.1) is 23.5 Å². The Balaban J connectivity index is 0.00000103. The lowest BCUT2D eigenvalue weighted by Gasteiger charge is -2.23. The van der Waals surface area contributed by atoms with Crippen molar-refractivity contribution >= 4 is 22.1 Å². The summed E-state index contributed by atoms with van der Waals surface area (Å²) in [6.45, 7) is 10.2. The molecule has 216 valence electrons. The summed E-state index contributed by atoms with van der Waals surface area (Å²) in [6.07, 6.45) is -0.0740. The van der Waals surface area contributed by atoms with Crippen molar-refractivity contribution in [3.8, 4) is 5.75 Å². The number of aliphatic hydroxyl groups is 1. The molecule has 3 aromatic rings. The Morgan fingerprint density at radius 1 is 0.875 bits per heavy atom. The van der Waals surface area contributed by atoms with Crippen molar-refractivity contribution in [2.45, 2.75) is 52.9 Å². The quantitative estimate of drug-likeness (QED) is 0.198. The number of carbonyl (C=O) groups excluding carboxylic acids is 2. The van der Waals surface area contributed by atoms with Crippen LogP contribution in [-0.4, -0.2) is 48.4 Å². The van der Waals surface area contributed by atoms with Crippen LogP contribution in [0.3, 0.4) is 0 Å². The molecule has 0 spiro atoms. The number of aryl methyl sites for hydroxylation is 2. The molecule has 10 heteroatoms. The van der Waals surface area contributed by atoms with Crippen LogP contribution >= 0.6 is 0 Å². The van der Waals surface area contributed by atoms with Gasteiger partial charge in [0.25, 0.3) is 10.1 Å². The fourth-order valence-corrected chi connectivity index (χ4v) is 3.30. The van der Waals surface area contributed by atoms with Crippen molar-refractivity contribution in [2.24, 2.45) is 0 Å². The minimum atomic E-state index is -3.67. The smallest absolute Gasteiger partial charge is 0.343 e. The van der Waals surface area contributed by atoms with Gasteiger partial charge in [-0.3, -0.25) is 4.55 Å². The van der Waals surface area contributed by atoms with E-state index in [-0.39, 0.29) is 17.9 Å². The fraction of sp³-hybridized carbons (Fsp3) is 0.333. The molecule has 9 nitrogen and oxygen atoms in total. The second kappa shape index (κ2) is 14.2. The summed E-state index contributed by atoms with van der Waals surface area (Å²) in [6, 6.07) is 19.2. The minimum Gasteiger partial charge on any atom is -0.457 e. The summed E-state index contributed by atoms with van der Waals surface area (Å²) in [5.41, 5.74) is 3.87. The van der Waals surface area contributed by atoms with Gasteiger partial charge in [0.2, 0.25) is 0 Å². The average molecular weight is 572 g/mol. The third kappa shape index (κ3) is 12.1. The Morgan fingerprint density at radius 3 is 1.82 bits per heavy atom. The molecular weight excluding hydrogens is 534 g/mol.